The van der Waals surface area contributed by atoms with Gasteiger partial charge < -0.3 is 19.1 Å². The summed E-state index contributed by atoms with van der Waals surface area (Å²) in [6.45, 7) is 6.03. The van der Waals surface area contributed by atoms with Gasteiger partial charge in [0.2, 0.25) is 0 Å². The normalized spacial score (nSPS) is 14.6. The molecule has 150 valence electrons. The Morgan fingerprint density at radius 3 is 2.25 bits per heavy atom. The van der Waals surface area contributed by atoms with Gasteiger partial charge in [-0.05, 0) is 36.8 Å². The number of hydrogen-bond acceptors (Lipinski definition) is 5. The molecule has 1 saturated heterocycles. The van der Waals surface area contributed by atoms with Crippen molar-refractivity contribution in [1.82, 2.24) is 9.80 Å². The van der Waals surface area contributed by atoms with Crippen LogP contribution in [0.5, 0.6) is 17.2 Å². The topological polar surface area (TPSA) is 51.2 Å². The second kappa shape index (κ2) is 9.46. The highest BCUT2D eigenvalue weighted by molar-refractivity contribution is 5.77. The molecule has 2 aromatic rings. The Kier molecular flexibility index (Phi) is 6.76. The van der Waals surface area contributed by atoms with Crippen LogP contribution in [-0.4, -0.2) is 62.7 Å². The van der Waals surface area contributed by atoms with Crippen LogP contribution in [0.4, 0.5) is 0 Å². The Labute approximate surface area is 166 Å². The maximum absolute atomic E-state index is 12.4. The molecule has 0 aromatic heterocycles. The summed E-state index contributed by atoms with van der Waals surface area (Å²) in [6.07, 6.45) is 0. The number of carbonyl (C=O) groups is 1. The summed E-state index contributed by atoms with van der Waals surface area (Å²) in [5.74, 6) is 2.23. The minimum Gasteiger partial charge on any atom is -0.493 e. The van der Waals surface area contributed by atoms with E-state index in [0.717, 1.165) is 36.9 Å². The number of nitrogens with zero attached hydrogens (tertiary/aromatic N) is 2. The zero-order valence-electron chi connectivity index (χ0n) is 16.8. The highest BCUT2D eigenvalue weighted by Gasteiger charge is 2.21. The smallest absolute Gasteiger partial charge is 0.260 e. The SMILES string of the molecule is COc1ccc(CN2CCN(C(=O)COc3ccc(C)cc3)CC2)cc1OC. The first-order valence-electron chi connectivity index (χ1n) is 9.49. The molecule has 0 unspecified atom stereocenters. The molecule has 0 aliphatic carbocycles. The Morgan fingerprint density at radius 2 is 1.61 bits per heavy atom. The van der Waals surface area contributed by atoms with Crippen LogP contribution in [0.3, 0.4) is 0 Å². The molecule has 2 aromatic carbocycles. The Bertz CT molecular complexity index is 784. The van der Waals surface area contributed by atoms with Crippen molar-refractivity contribution in [3.63, 3.8) is 0 Å². The second-order valence-electron chi connectivity index (χ2n) is 6.95. The predicted octanol–water partition coefficient (Wildman–Crippen LogP) is 2.74. The van der Waals surface area contributed by atoms with Gasteiger partial charge in [0.1, 0.15) is 5.75 Å². The quantitative estimate of drug-likeness (QED) is 0.735. The average molecular weight is 384 g/mol. The van der Waals surface area contributed by atoms with E-state index in [0.29, 0.717) is 13.1 Å². The molecule has 6 heteroatoms. The highest BCUT2D eigenvalue weighted by atomic mass is 16.5. The van der Waals surface area contributed by atoms with Crippen LogP contribution in [0.1, 0.15) is 11.1 Å². The largest absolute Gasteiger partial charge is 0.493 e. The van der Waals surface area contributed by atoms with Gasteiger partial charge >= 0.3 is 0 Å². The number of methoxy groups -OCH3 is 2. The van der Waals surface area contributed by atoms with Gasteiger partial charge in [0.25, 0.3) is 5.91 Å². The van der Waals surface area contributed by atoms with E-state index in [1.165, 1.54) is 11.1 Å². The molecule has 0 atom stereocenters. The van der Waals surface area contributed by atoms with Crippen molar-refractivity contribution >= 4 is 5.91 Å². The lowest BCUT2D eigenvalue weighted by Crippen LogP contribution is -2.49. The average Bonchev–Trinajstić information content (AvgIpc) is 2.73. The molecule has 1 heterocycles. The number of ether oxygens (including phenoxy) is 3. The molecule has 0 radical (unpaired) electrons. The Balaban J connectivity index is 1.46. The molecular formula is C22H28N2O4. The third kappa shape index (κ3) is 5.16. The van der Waals surface area contributed by atoms with E-state index in [9.17, 15) is 4.79 Å². The fourth-order valence-electron chi connectivity index (χ4n) is 3.26. The van der Waals surface area contributed by atoms with Crippen LogP contribution in [0.25, 0.3) is 0 Å². The summed E-state index contributed by atoms with van der Waals surface area (Å²) in [7, 11) is 3.28. The van der Waals surface area contributed by atoms with E-state index in [4.69, 9.17) is 14.2 Å². The molecule has 6 nitrogen and oxygen atoms in total. The lowest BCUT2D eigenvalue weighted by Gasteiger charge is -2.34. The van der Waals surface area contributed by atoms with Gasteiger partial charge in [-0.15, -0.1) is 0 Å². The number of benzene rings is 2. The van der Waals surface area contributed by atoms with E-state index in [1.807, 2.05) is 54.3 Å². The van der Waals surface area contributed by atoms with E-state index in [-0.39, 0.29) is 12.5 Å². The molecule has 3 rings (SSSR count). The van der Waals surface area contributed by atoms with Crippen LogP contribution < -0.4 is 14.2 Å². The van der Waals surface area contributed by atoms with Gasteiger partial charge in [0.15, 0.2) is 18.1 Å². The Morgan fingerprint density at radius 1 is 0.929 bits per heavy atom. The van der Waals surface area contributed by atoms with Crippen LogP contribution in [-0.2, 0) is 11.3 Å². The van der Waals surface area contributed by atoms with Crippen molar-refractivity contribution in [1.29, 1.82) is 0 Å². The third-order valence-corrected chi connectivity index (χ3v) is 4.96. The first kappa shape index (κ1) is 20.0. The number of amides is 1. The lowest BCUT2D eigenvalue weighted by atomic mass is 10.1. The summed E-state index contributed by atoms with van der Waals surface area (Å²) in [5.41, 5.74) is 2.34. The summed E-state index contributed by atoms with van der Waals surface area (Å²) >= 11 is 0. The summed E-state index contributed by atoms with van der Waals surface area (Å²) in [5, 5.41) is 0. The van der Waals surface area contributed by atoms with Crippen LogP contribution in [0.15, 0.2) is 42.5 Å². The lowest BCUT2D eigenvalue weighted by molar-refractivity contribution is -0.135. The number of piperazine rings is 1. The van der Waals surface area contributed by atoms with Gasteiger partial charge in [0.05, 0.1) is 14.2 Å². The molecule has 1 amide bonds. The molecule has 0 bridgehead atoms. The zero-order chi connectivity index (χ0) is 19.9. The summed E-state index contributed by atoms with van der Waals surface area (Å²) < 4.78 is 16.3. The van der Waals surface area contributed by atoms with Crippen LogP contribution in [0, 0.1) is 6.92 Å². The first-order valence-corrected chi connectivity index (χ1v) is 9.49. The van der Waals surface area contributed by atoms with Crippen molar-refractivity contribution in [2.75, 3.05) is 47.0 Å². The molecule has 1 aliphatic heterocycles. The number of hydrogen-bond donors (Lipinski definition) is 0. The minimum absolute atomic E-state index is 0.0336. The van der Waals surface area contributed by atoms with Crippen LogP contribution in [0.2, 0.25) is 0 Å². The van der Waals surface area contributed by atoms with Gasteiger partial charge in [0, 0.05) is 32.7 Å². The maximum atomic E-state index is 12.4. The van der Waals surface area contributed by atoms with E-state index < -0.39 is 0 Å². The molecule has 28 heavy (non-hydrogen) atoms. The van der Waals surface area contributed by atoms with Gasteiger partial charge in [-0.2, -0.15) is 0 Å². The van der Waals surface area contributed by atoms with Gasteiger partial charge in [-0.3, -0.25) is 9.69 Å². The van der Waals surface area contributed by atoms with E-state index in [1.54, 1.807) is 14.2 Å². The maximum Gasteiger partial charge on any atom is 0.260 e. The highest BCUT2D eigenvalue weighted by Crippen LogP contribution is 2.28. The molecule has 0 spiro atoms. The molecule has 0 saturated carbocycles. The summed E-state index contributed by atoms with van der Waals surface area (Å²) in [4.78, 5) is 16.6. The van der Waals surface area contributed by atoms with Crippen molar-refractivity contribution in [3.05, 3.63) is 53.6 Å². The van der Waals surface area contributed by atoms with Crippen molar-refractivity contribution in [2.45, 2.75) is 13.5 Å². The van der Waals surface area contributed by atoms with Crippen molar-refractivity contribution < 1.29 is 19.0 Å². The third-order valence-electron chi connectivity index (χ3n) is 4.96. The number of aryl methyl sites for hydroxylation is 1. The fourth-order valence-corrected chi connectivity index (χ4v) is 3.26. The molecular weight excluding hydrogens is 356 g/mol. The first-order chi connectivity index (χ1) is 13.6. The minimum atomic E-state index is 0.0336. The Hall–Kier alpha value is -2.73. The van der Waals surface area contributed by atoms with Crippen molar-refractivity contribution in [3.8, 4) is 17.2 Å². The van der Waals surface area contributed by atoms with E-state index in [2.05, 4.69) is 4.90 Å². The van der Waals surface area contributed by atoms with Gasteiger partial charge in [-0.25, -0.2) is 0 Å². The standard InChI is InChI=1S/C22H28N2O4/c1-17-4-7-19(8-5-17)28-16-22(25)24-12-10-23(11-13-24)15-18-6-9-20(26-2)21(14-18)27-3/h4-9,14H,10-13,15-16H2,1-3H3. The van der Waals surface area contributed by atoms with E-state index >= 15 is 0 Å². The zero-order valence-corrected chi connectivity index (χ0v) is 16.8. The van der Waals surface area contributed by atoms with Crippen molar-refractivity contribution in [2.24, 2.45) is 0 Å². The number of carbonyl (C=O) groups excluding carboxylic acids is 1. The van der Waals surface area contributed by atoms with Crippen LogP contribution >= 0.6 is 0 Å². The molecule has 1 fully saturated rings. The monoisotopic (exact) mass is 384 g/mol. The second-order valence-corrected chi connectivity index (χ2v) is 6.95. The molecule has 1 aliphatic rings. The molecule has 0 N–H and O–H groups in total. The predicted molar refractivity (Wildman–Crippen MR) is 108 cm³/mol. The summed E-state index contributed by atoms with van der Waals surface area (Å²) in [6, 6.07) is 13.7. The number of rotatable bonds is 7. The van der Waals surface area contributed by atoms with Gasteiger partial charge in [-0.1, -0.05) is 23.8 Å². The fraction of sp³-hybridized carbons (Fsp3) is 0.409.